The van der Waals surface area contributed by atoms with Gasteiger partial charge in [-0.3, -0.25) is 4.79 Å². The molecule has 0 aliphatic rings. The number of hydrogen-bond acceptors (Lipinski definition) is 3. The van der Waals surface area contributed by atoms with Gasteiger partial charge in [0.1, 0.15) is 11.9 Å². The highest BCUT2D eigenvalue weighted by atomic mass is 16.4. The number of imidazole rings is 1. The molecule has 0 radical (unpaired) electrons. The largest absolute Gasteiger partial charge is 0.480 e. The first-order chi connectivity index (χ1) is 10.1. The summed E-state index contributed by atoms with van der Waals surface area (Å²) < 4.78 is 0. The second kappa shape index (κ2) is 6.57. The maximum atomic E-state index is 11.7. The third-order valence-corrected chi connectivity index (χ3v) is 2.98. The lowest BCUT2D eigenvalue weighted by atomic mass is 10.2. The summed E-state index contributed by atoms with van der Waals surface area (Å²) in [4.78, 5) is 30.1. The zero-order valence-corrected chi connectivity index (χ0v) is 11.3. The minimum absolute atomic E-state index is 0.0360. The highest BCUT2D eigenvalue weighted by Crippen LogP contribution is 2.11. The summed E-state index contributed by atoms with van der Waals surface area (Å²) >= 11 is 0. The van der Waals surface area contributed by atoms with E-state index in [4.69, 9.17) is 11.5 Å². The fourth-order valence-electron chi connectivity index (χ4n) is 1.94. The fraction of sp³-hybridized carbons (Fsp3) is 0.267. The number of nitrogens with one attached hydrogen (secondary N) is 2. The monoisotopic (exact) mass is 285 g/mol. The maximum Gasteiger partial charge on any atom is 0.327 e. The van der Waals surface area contributed by atoms with E-state index < -0.39 is 12.0 Å². The summed E-state index contributed by atoms with van der Waals surface area (Å²) in [5.74, 6) is 1.42. The van der Waals surface area contributed by atoms with E-state index in [2.05, 4.69) is 21.2 Å². The lowest BCUT2D eigenvalue weighted by Crippen LogP contribution is -2.40. The quantitative estimate of drug-likeness (QED) is 0.692. The molecule has 1 amide bonds. The average Bonchev–Trinajstić information content (AvgIpc) is 2.87. The number of aromatic nitrogens is 2. The third kappa shape index (κ3) is 3.83. The highest BCUT2D eigenvalue weighted by molar-refractivity contribution is 5.84. The number of benzene rings is 1. The van der Waals surface area contributed by atoms with Crippen molar-refractivity contribution in [2.75, 3.05) is 0 Å². The van der Waals surface area contributed by atoms with Crippen LogP contribution in [0.1, 0.15) is 18.7 Å². The van der Waals surface area contributed by atoms with Gasteiger partial charge in [0.25, 0.3) is 0 Å². The summed E-state index contributed by atoms with van der Waals surface area (Å²) in [7, 11) is 0. The van der Waals surface area contributed by atoms with Crippen molar-refractivity contribution in [3.63, 3.8) is 0 Å². The molecule has 2 aromatic rings. The Morgan fingerprint density at radius 2 is 2.19 bits per heavy atom. The minimum Gasteiger partial charge on any atom is -0.480 e. The summed E-state index contributed by atoms with van der Waals surface area (Å²) in [6, 6.07) is 6.52. The van der Waals surface area contributed by atoms with Crippen molar-refractivity contribution in [2.24, 2.45) is 0 Å². The predicted molar refractivity (Wildman–Crippen MR) is 77.4 cm³/mol. The lowest BCUT2D eigenvalue weighted by molar-refractivity contribution is -0.141. The van der Waals surface area contributed by atoms with Crippen LogP contribution in [0.3, 0.4) is 0 Å². The molecule has 1 aromatic heterocycles. The van der Waals surface area contributed by atoms with E-state index in [9.17, 15) is 9.59 Å². The smallest absolute Gasteiger partial charge is 0.327 e. The van der Waals surface area contributed by atoms with Gasteiger partial charge in [-0.15, -0.1) is 12.3 Å². The molecule has 1 aromatic carbocycles. The number of carbonyl (C=O) groups excluding carboxylic acids is 1. The molecule has 3 N–H and O–H groups in total. The Balaban J connectivity index is 1.91. The number of terminal acetylenes is 1. The van der Waals surface area contributed by atoms with Crippen LogP contribution in [0.4, 0.5) is 0 Å². The minimum atomic E-state index is -1.13. The molecular formula is C15H15N3O3. The molecule has 6 heteroatoms. The van der Waals surface area contributed by atoms with Gasteiger partial charge in [0, 0.05) is 19.3 Å². The fourth-order valence-corrected chi connectivity index (χ4v) is 1.94. The standard InChI is InChI=1S/C15H15N3O3/c1-2-5-12(15(20)21)18-14(19)9-8-13-16-10-6-3-4-7-11(10)17-13/h1,3-4,6-7,12H,5,8-9H2,(H,16,17)(H,18,19)(H,20,21). The maximum absolute atomic E-state index is 11.7. The van der Waals surface area contributed by atoms with Crippen LogP contribution in [0.25, 0.3) is 11.0 Å². The number of carboxylic acids is 1. The number of rotatable bonds is 6. The van der Waals surface area contributed by atoms with Gasteiger partial charge < -0.3 is 15.4 Å². The van der Waals surface area contributed by atoms with Crippen molar-refractivity contribution in [1.82, 2.24) is 15.3 Å². The van der Waals surface area contributed by atoms with Crippen LogP contribution >= 0.6 is 0 Å². The molecule has 0 saturated carbocycles. The second-order valence-electron chi connectivity index (χ2n) is 4.57. The predicted octanol–water partition coefficient (Wildman–Crippen LogP) is 1.09. The summed E-state index contributed by atoms with van der Waals surface area (Å²) in [5, 5.41) is 11.3. The molecule has 0 bridgehead atoms. The van der Waals surface area contributed by atoms with Crippen LogP contribution in [-0.2, 0) is 16.0 Å². The van der Waals surface area contributed by atoms with E-state index in [1.807, 2.05) is 24.3 Å². The van der Waals surface area contributed by atoms with Gasteiger partial charge in [0.2, 0.25) is 5.91 Å². The number of aliphatic carboxylic acids is 1. The highest BCUT2D eigenvalue weighted by Gasteiger charge is 2.18. The Hall–Kier alpha value is -2.81. The van der Waals surface area contributed by atoms with Gasteiger partial charge in [-0.05, 0) is 12.1 Å². The molecule has 0 spiro atoms. The third-order valence-electron chi connectivity index (χ3n) is 2.98. The first kappa shape index (κ1) is 14.6. The molecule has 1 atom stereocenters. The Labute approximate surface area is 121 Å². The van der Waals surface area contributed by atoms with E-state index in [1.54, 1.807) is 0 Å². The molecule has 0 fully saturated rings. The van der Waals surface area contributed by atoms with Gasteiger partial charge >= 0.3 is 5.97 Å². The number of aryl methyl sites for hydroxylation is 1. The van der Waals surface area contributed by atoms with Crippen LogP contribution in [0, 0.1) is 12.3 Å². The van der Waals surface area contributed by atoms with Crippen LogP contribution in [-0.4, -0.2) is 33.0 Å². The van der Waals surface area contributed by atoms with E-state index >= 15 is 0 Å². The molecule has 0 aliphatic carbocycles. The van der Waals surface area contributed by atoms with Gasteiger partial charge in [-0.1, -0.05) is 12.1 Å². The molecule has 108 valence electrons. The van der Waals surface area contributed by atoms with Crippen molar-refractivity contribution >= 4 is 22.9 Å². The SMILES string of the molecule is C#CCC(NC(=O)CCc1nc2ccccc2[nH]1)C(=O)O. The van der Waals surface area contributed by atoms with E-state index in [0.29, 0.717) is 12.2 Å². The van der Waals surface area contributed by atoms with Gasteiger partial charge in [0.15, 0.2) is 0 Å². The molecule has 1 unspecified atom stereocenters. The number of fused-ring (bicyclic) bond motifs is 1. The number of carboxylic acid groups (broad SMARTS) is 1. The van der Waals surface area contributed by atoms with Crippen LogP contribution < -0.4 is 5.32 Å². The van der Waals surface area contributed by atoms with Crippen LogP contribution in [0.5, 0.6) is 0 Å². The lowest BCUT2D eigenvalue weighted by Gasteiger charge is -2.11. The van der Waals surface area contributed by atoms with Crippen LogP contribution in [0.2, 0.25) is 0 Å². The molecule has 0 saturated heterocycles. The Morgan fingerprint density at radius 3 is 2.86 bits per heavy atom. The average molecular weight is 285 g/mol. The second-order valence-corrected chi connectivity index (χ2v) is 4.57. The topological polar surface area (TPSA) is 95.1 Å². The normalized spacial score (nSPS) is 11.8. The van der Waals surface area contributed by atoms with Crippen molar-refractivity contribution in [1.29, 1.82) is 0 Å². The number of aromatic amines is 1. The van der Waals surface area contributed by atoms with Crippen molar-refractivity contribution in [2.45, 2.75) is 25.3 Å². The number of carbonyl (C=O) groups is 2. The van der Waals surface area contributed by atoms with Crippen LogP contribution in [0.15, 0.2) is 24.3 Å². The Morgan fingerprint density at radius 1 is 1.43 bits per heavy atom. The Kier molecular flexibility index (Phi) is 4.57. The molecule has 6 nitrogen and oxygen atoms in total. The number of hydrogen-bond donors (Lipinski definition) is 3. The van der Waals surface area contributed by atoms with Crippen molar-refractivity contribution in [3.8, 4) is 12.3 Å². The van der Waals surface area contributed by atoms with Crippen molar-refractivity contribution < 1.29 is 14.7 Å². The van der Waals surface area contributed by atoms with Gasteiger partial charge in [-0.25, -0.2) is 9.78 Å². The number of nitrogens with zero attached hydrogens (tertiary/aromatic N) is 1. The zero-order chi connectivity index (χ0) is 15.2. The first-order valence-electron chi connectivity index (χ1n) is 6.49. The zero-order valence-electron chi connectivity index (χ0n) is 11.3. The molecule has 2 rings (SSSR count). The molecule has 1 heterocycles. The first-order valence-corrected chi connectivity index (χ1v) is 6.49. The summed E-state index contributed by atoms with van der Waals surface area (Å²) in [5.41, 5.74) is 1.74. The van der Waals surface area contributed by atoms with Gasteiger partial charge in [0.05, 0.1) is 11.0 Å². The van der Waals surface area contributed by atoms with Gasteiger partial charge in [-0.2, -0.15) is 0 Å². The molecule has 0 aliphatic heterocycles. The Bertz CT molecular complexity index is 666. The van der Waals surface area contributed by atoms with E-state index in [-0.39, 0.29) is 18.7 Å². The van der Waals surface area contributed by atoms with Crippen molar-refractivity contribution in [3.05, 3.63) is 30.1 Å². The molecule has 21 heavy (non-hydrogen) atoms. The molecular weight excluding hydrogens is 270 g/mol. The summed E-state index contributed by atoms with van der Waals surface area (Å²) in [6.07, 6.45) is 5.59. The van der Waals surface area contributed by atoms with E-state index in [1.165, 1.54) is 0 Å². The van der Waals surface area contributed by atoms with E-state index in [0.717, 1.165) is 11.0 Å². The number of amides is 1. The summed E-state index contributed by atoms with van der Waals surface area (Å²) in [6.45, 7) is 0. The number of para-hydroxylation sites is 2. The number of H-pyrrole nitrogens is 1.